The number of halogens is 5. The first-order valence-electron chi connectivity index (χ1n) is 6.91. The van der Waals surface area contributed by atoms with Gasteiger partial charge >= 0.3 is 12.8 Å². The van der Waals surface area contributed by atoms with Crippen molar-refractivity contribution >= 4 is 27.7 Å². The Labute approximate surface area is 137 Å². The average Bonchev–Trinajstić information content (AvgIpc) is 2.99. The summed E-state index contributed by atoms with van der Waals surface area (Å²) in [5.41, 5.74) is -0.565. The first kappa shape index (κ1) is 16.9. The highest BCUT2D eigenvalue weighted by Gasteiger charge is 2.35. The van der Waals surface area contributed by atoms with Crippen molar-refractivity contribution in [3.8, 4) is 5.75 Å². The maximum atomic E-state index is 13.4. The number of pyridine rings is 1. The van der Waals surface area contributed by atoms with Crippen LogP contribution < -0.4 is 4.74 Å². The predicted molar refractivity (Wildman–Crippen MR) is 82.0 cm³/mol. The van der Waals surface area contributed by atoms with E-state index in [-0.39, 0.29) is 10.9 Å². The van der Waals surface area contributed by atoms with E-state index in [9.17, 15) is 22.0 Å². The maximum absolute atomic E-state index is 13.4. The molecule has 3 rings (SSSR count). The third kappa shape index (κ3) is 3.31. The number of nitrogens with zero attached hydrogens (tertiary/aromatic N) is 2. The van der Waals surface area contributed by atoms with Crippen molar-refractivity contribution in [2.24, 2.45) is 4.99 Å². The summed E-state index contributed by atoms with van der Waals surface area (Å²) >= 11 is 1.42. The molecule has 0 spiro atoms. The van der Waals surface area contributed by atoms with Crippen LogP contribution >= 0.6 is 11.8 Å². The van der Waals surface area contributed by atoms with Crippen molar-refractivity contribution in [2.45, 2.75) is 19.7 Å². The zero-order valence-corrected chi connectivity index (χ0v) is 13.1. The summed E-state index contributed by atoms with van der Waals surface area (Å²) in [5.74, 6) is 0.205. The van der Waals surface area contributed by atoms with Crippen LogP contribution in [0.5, 0.6) is 5.75 Å². The Hall–Kier alpha value is -1.90. The number of hydrogen-bond acceptors (Lipinski definition) is 4. The number of benzene rings is 1. The van der Waals surface area contributed by atoms with Crippen LogP contribution in [0.3, 0.4) is 0 Å². The fourth-order valence-corrected chi connectivity index (χ4v) is 3.26. The largest absolute Gasteiger partial charge is 0.435 e. The quantitative estimate of drug-likeness (QED) is 0.745. The number of alkyl halides is 5. The fraction of sp³-hybridized carbons (Fsp3) is 0.333. The van der Waals surface area contributed by atoms with E-state index in [1.165, 1.54) is 11.8 Å². The maximum Gasteiger partial charge on any atom is 0.418 e. The highest BCUT2D eigenvalue weighted by atomic mass is 32.2. The molecule has 9 heteroatoms. The number of aryl methyl sites for hydroxylation is 1. The smallest absolute Gasteiger partial charge is 0.418 e. The van der Waals surface area contributed by atoms with Gasteiger partial charge in [-0.2, -0.15) is 22.0 Å². The van der Waals surface area contributed by atoms with E-state index in [4.69, 9.17) is 0 Å². The van der Waals surface area contributed by atoms with Crippen LogP contribution in [-0.2, 0) is 6.18 Å². The van der Waals surface area contributed by atoms with E-state index in [1.54, 1.807) is 13.0 Å². The molecular weight excluding hydrogens is 351 g/mol. The Morgan fingerprint density at radius 1 is 1.21 bits per heavy atom. The van der Waals surface area contributed by atoms with Gasteiger partial charge in [-0.25, -0.2) is 4.98 Å². The molecule has 0 amide bonds. The second-order valence-corrected chi connectivity index (χ2v) is 6.19. The summed E-state index contributed by atoms with van der Waals surface area (Å²) in [6.45, 7) is -1.02. The lowest BCUT2D eigenvalue weighted by Crippen LogP contribution is -2.11. The molecule has 0 N–H and O–H groups in total. The minimum Gasteiger partial charge on any atom is -0.435 e. The van der Waals surface area contributed by atoms with Crippen LogP contribution in [0.15, 0.2) is 23.2 Å². The normalized spacial score (nSPS) is 15.2. The molecule has 0 saturated carbocycles. The summed E-state index contributed by atoms with van der Waals surface area (Å²) in [5, 5.41) is 0.703. The third-order valence-electron chi connectivity index (χ3n) is 3.43. The first-order valence-corrected chi connectivity index (χ1v) is 7.89. The summed E-state index contributed by atoms with van der Waals surface area (Å²) < 4.78 is 69.0. The number of thioether (sulfide) groups is 1. The Morgan fingerprint density at radius 3 is 2.54 bits per heavy atom. The minimum atomic E-state index is -4.75. The molecule has 128 valence electrons. The molecule has 0 radical (unpaired) electrons. The van der Waals surface area contributed by atoms with Gasteiger partial charge in [0, 0.05) is 17.7 Å². The van der Waals surface area contributed by atoms with Gasteiger partial charge in [-0.3, -0.25) is 4.99 Å². The molecule has 1 aliphatic rings. The van der Waals surface area contributed by atoms with Gasteiger partial charge in [0.05, 0.1) is 16.8 Å². The van der Waals surface area contributed by atoms with E-state index >= 15 is 0 Å². The molecule has 24 heavy (non-hydrogen) atoms. The standard InChI is InChI=1S/C15H11F5N2OS/c1-7-4-11(13-21-2-3-24-13)22-12-9(7)5-8(23-14(16)17)6-10(12)15(18,19)20/h4-6,14H,2-3H2,1H3. The van der Waals surface area contributed by atoms with E-state index in [2.05, 4.69) is 14.7 Å². The van der Waals surface area contributed by atoms with Gasteiger partial charge in [-0.1, -0.05) is 0 Å². The first-order chi connectivity index (χ1) is 11.3. The van der Waals surface area contributed by atoms with Crippen LogP contribution in [0.25, 0.3) is 10.9 Å². The Balaban J connectivity index is 2.25. The lowest BCUT2D eigenvalue weighted by molar-refractivity contribution is -0.136. The van der Waals surface area contributed by atoms with Crippen LogP contribution in [0.1, 0.15) is 16.8 Å². The molecule has 0 bridgehead atoms. The number of rotatable bonds is 3. The average molecular weight is 362 g/mol. The molecule has 3 nitrogen and oxygen atoms in total. The molecule has 0 unspecified atom stereocenters. The topological polar surface area (TPSA) is 34.5 Å². The van der Waals surface area contributed by atoms with Gasteiger partial charge < -0.3 is 4.74 Å². The zero-order chi connectivity index (χ0) is 17.5. The number of hydrogen-bond donors (Lipinski definition) is 0. The third-order valence-corrected chi connectivity index (χ3v) is 4.43. The van der Waals surface area contributed by atoms with E-state index < -0.39 is 24.1 Å². The molecule has 0 aliphatic carbocycles. The molecule has 0 fully saturated rings. The zero-order valence-electron chi connectivity index (χ0n) is 12.3. The van der Waals surface area contributed by atoms with Crippen LogP contribution in [0, 0.1) is 6.92 Å². The summed E-state index contributed by atoms with van der Waals surface area (Å²) in [6.07, 6.45) is -4.75. The molecule has 0 saturated heterocycles. The molecule has 2 heterocycles. The van der Waals surface area contributed by atoms with Crippen LogP contribution in [-0.4, -0.2) is 28.9 Å². The van der Waals surface area contributed by atoms with Crippen molar-refractivity contribution < 1.29 is 26.7 Å². The molecule has 1 aliphatic heterocycles. The van der Waals surface area contributed by atoms with Crippen molar-refractivity contribution in [1.82, 2.24) is 4.98 Å². The number of ether oxygens (including phenoxy) is 1. The molecule has 1 aromatic carbocycles. The highest BCUT2D eigenvalue weighted by molar-refractivity contribution is 8.14. The molecule has 2 aromatic rings. The van der Waals surface area contributed by atoms with Crippen LogP contribution in [0.2, 0.25) is 0 Å². The van der Waals surface area contributed by atoms with Gasteiger partial charge in [0.1, 0.15) is 10.8 Å². The van der Waals surface area contributed by atoms with Crippen molar-refractivity contribution in [3.05, 3.63) is 35.0 Å². The van der Waals surface area contributed by atoms with Gasteiger partial charge in [-0.15, -0.1) is 11.8 Å². The van der Waals surface area contributed by atoms with E-state index in [0.717, 1.165) is 11.8 Å². The number of aromatic nitrogens is 1. The Morgan fingerprint density at radius 2 is 1.96 bits per heavy atom. The fourth-order valence-electron chi connectivity index (χ4n) is 2.45. The lowest BCUT2D eigenvalue weighted by atomic mass is 10.0. The molecule has 1 aromatic heterocycles. The molecule has 0 atom stereocenters. The molecular formula is C15H11F5N2OS. The number of fused-ring (bicyclic) bond motifs is 1. The van der Waals surface area contributed by atoms with Crippen molar-refractivity contribution in [2.75, 3.05) is 12.3 Å². The van der Waals surface area contributed by atoms with Gasteiger partial charge in [0.2, 0.25) is 0 Å². The van der Waals surface area contributed by atoms with Gasteiger partial charge in [0.25, 0.3) is 0 Å². The summed E-state index contributed by atoms with van der Waals surface area (Å²) in [7, 11) is 0. The lowest BCUT2D eigenvalue weighted by Gasteiger charge is -2.15. The predicted octanol–water partition coefficient (Wildman–Crippen LogP) is 4.66. The van der Waals surface area contributed by atoms with Crippen molar-refractivity contribution in [1.29, 1.82) is 0 Å². The Kier molecular flexibility index (Phi) is 4.37. The Bertz CT molecular complexity index is 820. The van der Waals surface area contributed by atoms with Crippen molar-refractivity contribution in [3.63, 3.8) is 0 Å². The van der Waals surface area contributed by atoms with E-state index in [1.807, 2.05) is 0 Å². The van der Waals surface area contributed by atoms with E-state index in [0.29, 0.717) is 28.9 Å². The van der Waals surface area contributed by atoms with Gasteiger partial charge in [0.15, 0.2) is 0 Å². The highest BCUT2D eigenvalue weighted by Crippen LogP contribution is 2.38. The van der Waals surface area contributed by atoms with Gasteiger partial charge in [-0.05, 0) is 30.7 Å². The minimum absolute atomic E-state index is 0.118. The second-order valence-electron chi connectivity index (χ2n) is 5.10. The number of aliphatic imine (C=N–C) groups is 1. The SMILES string of the molecule is Cc1cc(C2=NCCS2)nc2c(C(F)(F)F)cc(OC(F)F)cc12. The van der Waals surface area contributed by atoms with Crippen LogP contribution in [0.4, 0.5) is 22.0 Å². The summed E-state index contributed by atoms with van der Waals surface area (Å²) in [6, 6.07) is 3.30. The monoisotopic (exact) mass is 362 g/mol. The second kappa shape index (κ2) is 6.19. The summed E-state index contributed by atoms with van der Waals surface area (Å²) in [4.78, 5) is 8.30.